The van der Waals surface area contributed by atoms with E-state index in [1.54, 1.807) is 24.3 Å². The molecule has 0 aromatic heterocycles. The molecule has 194 valence electrons. The fraction of sp³-hybridized carbons (Fsp3) is 0.409. The van der Waals surface area contributed by atoms with Crippen LogP contribution >= 0.6 is 15.2 Å². The first-order chi connectivity index (χ1) is 16.1. The second kappa shape index (κ2) is 11.2. The van der Waals surface area contributed by atoms with E-state index in [4.69, 9.17) is 0 Å². The molecule has 11 nitrogen and oxygen atoms in total. The van der Waals surface area contributed by atoms with Crippen LogP contribution in [0.5, 0.6) is 11.5 Å². The lowest BCUT2D eigenvalue weighted by atomic mass is 9.78. The molecule has 2 rings (SSSR count). The van der Waals surface area contributed by atoms with Gasteiger partial charge in [-0.25, -0.2) is 0 Å². The Morgan fingerprint density at radius 1 is 0.886 bits per heavy atom. The molecule has 0 bridgehead atoms. The van der Waals surface area contributed by atoms with Gasteiger partial charge in [0, 0.05) is 12.8 Å². The number of rotatable bonds is 11. The Kier molecular flexibility index (Phi) is 9.30. The van der Waals surface area contributed by atoms with Crippen LogP contribution in [0.3, 0.4) is 0 Å². The first-order valence-corrected chi connectivity index (χ1v) is 14.1. The molecule has 0 radical (unpaired) electrons. The lowest BCUT2D eigenvalue weighted by Crippen LogP contribution is -2.30. The van der Waals surface area contributed by atoms with Gasteiger partial charge in [0.25, 0.3) is 5.08 Å². The van der Waals surface area contributed by atoms with Gasteiger partial charge in [0.15, 0.2) is 0 Å². The van der Waals surface area contributed by atoms with Crippen LogP contribution in [0.2, 0.25) is 0 Å². The van der Waals surface area contributed by atoms with Gasteiger partial charge in [-0.2, -0.15) is 0 Å². The molecule has 2 unspecified atom stereocenters. The van der Waals surface area contributed by atoms with E-state index < -0.39 is 39.0 Å². The van der Waals surface area contributed by atoms with Crippen molar-refractivity contribution in [3.8, 4) is 11.5 Å². The quantitative estimate of drug-likeness (QED) is 0.156. The van der Waals surface area contributed by atoms with Crippen LogP contribution in [0.15, 0.2) is 42.5 Å². The zero-order valence-electron chi connectivity index (χ0n) is 19.3. The summed E-state index contributed by atoms with van der Waals surface area (Å²) in [6.07, 6.45) is -0.548. The molecule has 13 heteroatoms. The number of carbonyl (C=O) groups excluding carboxylic acids is 1. The predicted molar refractivity (Wildman–Crippen MR) is 129 cm³/mol. The van der Waals surface area contributed by atoms with E-state index in [-0.39, 0.29) is 29.0 Å². The van der Waals surface area contributed by atoms with Crippen molar-refractivity contribution in [3.63, 3.8) is 0 Å². The van der Waals surface area contributed by atoms with E-state index in [1.807, 2.05) is 26.0 Å². The molecular formula is C22H31NO10P2. The number of amides is 1. The lowest BCUT2D eigenvalue weighted by Gasteiger charge is -2.29. The minimum absolute atomic E-state index is 0.00223. The minimum atomic E-state index is -5.68. The van der Waals surface area contributed by atoms with Crippen LogP contribution < -0.4 is 5.32 Å². The summed E-state index contributed by atoms with van der Waals surface area (Å²) >= 11 is 0. The van der Waals surface area contributed by atoms with Crippen LogP contribution in [0.1, 0.15) is 62.5 Å². The number of benzene rings is 2. The van der Waals surface area contributed by atoms with Gasteiger partial charge in [-0.05, 0) is 60.1 Å². The SMILES string of the molecule is CCC(c1ccc(O)cc1)C(CC)c1ccc(O)c(NC(=O)CCC(O)(P(=O)(O)O)P(=O)(O)O)c1. The van der Waals surface area contributed by atoms with E-state index in [0.29, 0.717) is 0 Å². The van der Waals surface area contributed by atoms with Crippen LogP contribution in [0, 0.1) is 0 Å². The largest absolute Gasteiger partial charge is 0.508 e. The van der Waals surface area contributed by atoms with Crippen molar-refractivity contribution in [3.05, 3.63) is 53.6 Å². The molecule has 2 aromatic rings. The highest BCUT2D eigenvalue weighted by atomic mass is 31.2. The summed E-state index contributed by atoms with van der Waals surface area (Å²) in [6, 6.07) is 11.5. The van der Waals surface area contributed by atoms with Gasteiger partial charge >= 0.3 is 15.2 Å². The van der Waals surface area contributed by atoms with Gasteiger partial charge in [-0.15, -0.1) is 0 Å². The number of hydrogen-bond donors (Lipinski definition) is 8. The van der Waals surface area contributed by atoms with Gasteiger partial charge in [0.05, 0.1) is 5.69 Å². The molecule has 2 atom stereocenters. The van der Waals surface area contributed by atoms with E-state index in [1.165, 1.54) is 6.07 Å². The Labute approximate surface area is 202 Å². The number of aromatic hydroxyl groups is 2. The maximum absolute atomic E-state index is 12.4. The Bertz CT molecular complexity index is 1100. The third-order valence-corrected chi connectivity index (χ3v) is 9.91. The summed E-state index contributed by atoms with van der Waals surface area (Å²) in [7, 11) is -11.4. The molecule has 0 fully saturated rings. The second-order valence-corrected chi connectivity index (χ2v) is 12.3. The zero-order chi connectivity index (χ0) is 26.6. The number of phenols is 2. The maximum Gasteiger partial charge on any atom is 0.369 e. The zero-order valence-corrected chi connectivity index (χ0v) is 21.1. The second-order valence-electron chi connectivity index (χ2n) is 8.31. The molecular weight excluding hydrogens is 500 g/mol. The predicted octanol–water partition coefficient (Wildman–Crippen LogP) is 3.51. The number of aliphatic hydroxyl groups is 1. The number of phenolic OH excluding ortho intramolecular Hbond substituents is 2. The molecule has 0 heterocycles. The lowest BCUT2D eigenvalue weighted by molar-refractivity contribution is -0.116. The van der Waals surface area contributed by atoms with Crippen molar-refractivity contribution < 1.29 is 48.8 Å². The fourth-order valence-electron chi connectivity index (χ4n) is 4.07. The highest BCUT2D eigenvalue weighted by Gasteiger charge is 2.59. The van der Waals surface area contributed by atoms with Crippen LogP contribution in [0.4, 0.5) is 5.69 Å². The number of carbonyl (C=O) groups is 1. The van der Waals surface area contributed by atoms with Gasteiger partial charge in [0.1, 0.15) is 11.5 Å². The molecule has 0 aliphatic rings. The van der Waals surface area contributed by atoms with Crippen molar-refractivity contribution in [2.45, 2.75) is 56.4 Å². The van der Waals surface area contributed by atoms with E-state index in [9.17, 15) is 48.8 Å². The average molecular weight is 531 g/mol. The standard InChI is InChI=1S/C22H31NO10P2/c1-3-17(14-5-8-16(24)9-6-14)18(4-2)15-7-10-20(25)19(13-15)23-21(26)11-12-22(27,34(28,29)30)35(31,32)33/h5-10,13,17-18,24-25,27H,3-4,11-12H2,1-2H3,(H,23,26)(H2,28,29,30)(H2,31,32,33). The summed E-state index contributed by atoms with van der Waals surface area (Å²) < 4.78 is 22.9. The third-order valence-electron chi connectivity index (χ3n) is 6.03. The average Bonchev–Trinajstić information content (AvgIpc) is 2.76. The van der Waals surface area contributed by atoms with Crippen molar-refractivity contribution in [1.82, 2.24) is 0 Å². The summed E-state index contributed by atoms with van der Waals surface area (Å²) in [5, 5.41) is 28.4. The van der Waals surface area contributed by atoms with Crippen LogP contribution in [-0.2, 0) is 13.9 Å². The van der Waals surface area contributed by atoms with Gasteiger partial charge in [-0.3, -0.25) is 13.9 Å². The third kappa shape index (κ3) is 6.71. The van der Waals surface area contributed by atoms with Crippen molar-refractivity contribution >= 4 is 26.8 Å². The highest BCUT2D eigenvalue weighted by Crippen LogP contribution is 2.69. The van der Waals surface area contributed by atoms with E-state index in [0.717, 1.165) is 24.0 Å². The van der Waals surface area contributed by atoms with Gasteiger partial charge < -0.3 is 40.2 Å². The van der Waals surface area contributed by atoms with Gasteiger partial charge in [0.2, 0.25) is 5.91 Å². The normalized spacial score (nSPS) is 14.4. The number of nitrogens with one attached hydrogen (secondary N) is 1. The minimum Gasteiger partial charge on any atom is -0.508 e. The summed E-state index contributed by atoms with van der Waals surface area (Å²) in [5.74, 6) is -1.01. The summed E-state index contributed by atoms with van der Waals surface area (Å²) in [4.78, 5) is 49.2. The molecule has 35 heavy (non-hydrogen) atoms. The first-order valence-electron chi connectivity index (χ1n) is 10.9. The Morgan fingerprint density at radius 2 is 1.37 bits per heavy atom. The number of hydrogen-bond acceptors (Lipinski definition) is 6. The monoisotopic (exact) mass is 531 g/mol. The topological polar surface area (TPSA) is 205 Å². The molecule has 0 saturated carbocycles. The molecule has 1 amide bonds. The van der Waals surface area contributed by atoms with Crippen molar-refractivity contribution in [2.24, 2.45) is 0 Å². The van der Waals surface area contributed by atoms with Crippen LogP contribution in [-0.4, -0.2) is 45.9 Å². The molecule has 0 saturated heterocycles. The number of anilines is 1. The fourth-order valence-corrected chi connectivity index (χ4v) is 6.23. The van der Waals surface area contributed by atoms with Crippen molar-refractivity contribution in [2.75, 3.05) is 5.32 Å². The molecule has 2 aromatic carbocycles. The Hall–Kier alpha value is -2.23. The Morgan fingerprint density at radius 3 is 1.86 bits per heavy atom. The molecule has 8 N–H and O–H groups in total. The van der Waals surface area contributed by atoms with Crippen molar-refractivity contribution in [1.29, 1.82) is 0 Å². The summed E-state index contributed by atoms with van der Waals surface area (Å²) in [5.41, 5.74) is 1.80. The highest BCUT2D eigenvalue weighted by molar-refractivity contribution is 7.72. The maximum atomic E-state index is 12.4. The van der Waals surface area contributed by atoms with Gasteiger partial charge in [-0.1, -0.05) is 32.0 Å². The smallest absolute Gasteiger partial charge is 0.369 e. The van der Waals surface area contributed by atoms with E-state index >= 15 is 0 Å². The molecule has 0 aliphatic carbocycles. The first kappa shape index (κ1) is 29.0. The molecule has 0 spiro atoms. The Balaban J connectivity index is 2.26. The summed E-state index contributed by atoms with van der Waals surface area (Å²) in [6.45, 7) is 4.01. The van der Waals surface area contributed by atoms with Crippen LogP contribution in [0.25, 0.3) is 0 Å². The molecule has 0 aliphatic heterocycles. The van der Waals surface area contributed by atoms with E-state index in [2.05, 4.69) is 5.32 Å².